The summed E-state index contributed by atoms with van der Waals surface area (Å²) in [6.07, 6.45) is 4.34. The van der Waals surface area contributed by atoms with Gasteiger partial charge in [-0.05, 0) is 18.9 Å². The van der Waals surface area contributed by atoms with E-state index >= 15 is 0 Å². The molecule has 1 aromatic carbocycles. The van der Waals surface area contributed by atoms with E-state index in [4.69, 9.17) is 4.74 Å². The van der Waals surface area contributed by atoms with Crippen molar-refractivity contribution in [2.75, 3.05) is 20.2 Å². The molecule has 0 radical (unpaired) electrons. The summed E-state index contributed by atoms with van der Waals surface area (Å²) in [6, 6.07) is 8.82. The number of nitrogens with zero attached hydrogens (tertiary/aromatic N) is 3. The smallest absolute Gasteiger partial charge is 0.325 e. The van der Waals surface area contributed by atoms with Crippen LogP contribution >= 0.6 is 0 Å². The number of nitriles is 1. The highest BCUT2D eigenvalue weighted by Gasteiger charge is 2.55. The van der Waals surface area contributed by atoms with Crippen molar-refractivity contribution in [3.8, 4) is 11.8 Å². The van der Waals surface area contributed by atoms with E-state index in [1.54, 1.807) is 31.3 Å². The largest absolute Gasteiger partial charge is 0.493 e. The minimum absolute atomic E-state index is 0.294. The first-order valence-corrected chi connectivity index (χ1v) is 9.98. The van der Waals surface area contributed by atoms with Crippen LogP contribution in [0, 0.1) is 11.3 Å². The van der Waals surface area contributed by atoms with Crippen LogP contribution in [0.15, 0.2) is 24.3 Å². The Bertz CT molecular complexity index is 902. The van der Waals surface area contributed by atoms with Gasteiger partial charge in [0.2, 0.25) is 5.91 Å². The summed E-state index contributed by atoms with van der Waals surface area (Å²) in [5.74, 6) is -0.299. The van der Waals surface area contributed by atoms with Crippen molar-refractivity contribution in [2.24, 2.45) is 0 Å². The number of hydrogen-bond donors (Lipinski definition) is 1. The number of para-hydroxylation sites is 1. The Labute approximate surface area is 169 Å². The summed E-state index contributed by atoms with van der Waals surface area (Å²) < 4.78 is 5.62. The number of hydrogen-bond acceptors (Lipinski definition) is 5. The van der Waals surface area contributed by atoms with E-state index in [9.17, 15) is 19.6 Å². The molecule has 8 heteroatoms. The minimum atomic E-state index is -1.21. The lowest BCUT2D eigenvalue weighted by Crippen LogP contribution is -2.53. The predicted molar refractivity (Wildman–Crippen MR) is 103 cm³/mol. The summed E-state index contributed by atoms with van der Waals surface area (Å²) >= 11 is 0. The first-order valence-electron chi connectivity index (χ1n) is 9.98. The highest BCUT2D eigenvalue weighted by Crippen LogP contribution is 2.41. The molecule has 1 saturated carbocycles. The normalized spacial score (nSPS) is 25.0. The van der Waals surface area contributed by atoms with Crippen LogP contribution in [-0.2, 0) is 15.1 Å². The summed E-state index contributed by atoms with van der Waals surface area (Å²) in [6.45, 7) is -0.0857. The van der Waals surface area contributed by atoms with Gasteiger partial charge in [0, 0.05) is 19.0 Å². The topological polar surface area (TPSA) is 103 Å². The van der Waals surface area contributed by atoms with E-state index in [0.29, 0.717) is 37.2 Å². The molecule has 2 aliphatic heterocycles. The van der Waals surface area contributed by atoms with Crippen LogP contribution in [0.4, 0.5) is 4.79 Å². The maximum absolute atomic E-state index is 13.3. The van der Waals surface area contributed by atoms with Crippen molar-refractivity contribution in [3.63, 3.8) is 0 Å². The monoisotopic (exact) mass is 396 g/mol. The van der Waals surface area contributed by atoms with Crippen LogP contribution < -0.4 is 10.1 Å². The van der Waals surface area contributed by atoms with E-state index in [1.165, 1.54) is 4.90 Å². The molecule has 2 fully saturated rings. The minimum Gasteiger partial charge on any atom is -0.493 e. The van der Waals surface area contributed by atoms with Crippen LogP contribution in [0.1, 0.15) is 44.1 Å². The molecular weight excluding hydrogens is 372 g/mol. The van der Waals surface area contributed by atoms with Crippen molar-refractivity contribution in [2.45, 2.75) is 49.6 Å². The van der Waals surface area contributed by atoms with Gasteiger partial charge in [0.25, 0.3) is 5.91 Å². The molecule has 3 aliphatic rings. The summed E-state index contributed by atoms with van der Waals surface area (Å²) in [4.78, 5) is 41.3. The second-order valence-corrected chi connectivity index (χ2v) is 7.98. The lowest BCUT2D eigenvalue weighted by Gasteiger charge is -2.39. The Hall–Kier alpha value is -3.08. The number of amides is 4. The molecule has 2 heterocycles. The Morgan fingerprint density at radius 3 is 2.69 bits per heavy atom. The summed E-state index contributed by atoms with van der Waals surface area (Å²) in [7, 11) is 1.59. The fourth-order valence-electron chi connectivity index (χ4n) is 4.65. The van der Waals surface area contributed by atoms with Gasteiger partial charge in [0.15, 0.2) is 5.54 Å². The van der Waals surface area contributed by atoms with Gasteiger partial charge in [-0.2, -0.15) is 5.26 Å². The number of nitrogens with one attached hydrogen (secondary N) is 1. The number of likely N-dealkylation sites (N-methyl/N-ethyl adjacent to an activating group) is 1. The second-order valence-electron chi connectivity index (χ2n) is 7.98. The van der Waals surface area contributed by atoms with Gasteiger partial charge in [-0.25, -0.2) is 4.79 Å². The fourth-order valence-corrected chi connectivity index (χ4v) is 4.65. The third kappa shape index (κ3) is 2.92. The number of imide groups is 1. The Morgan fingerprint density at radius 1 is 1.24 bits per heavy atom. The van der Waals surface area contributed by atoms with E-state index < -0.39 is 28.9 Å². The van der Waals surface area contributed by atoms with Gasteiger partial charge in [-0.1, -0.05) is 37.5 Å². The Kier molecular flexibility index (Phi) is 4.69. The van der Waals surface area contributed by atoms with Gasteiger partial charge >= 0.3 is 6.03 Å². The van der Waals surface area contributed by atoms with Crippen molar-refractivity contribution < 1.29 is 19.1 Å². The lowest BCUT2D eigenvalue weighted by atomic mass is 9.81. The van der Waals surface area contributed by atoms with Gasteiger partial charge in [-0.15, -0.1) is 0 Å². The SMILES string of the molecule is CN(C(=O)CN1C(=O)NC2(CCOc3ccccc32)C1=O)C1(C#N)CCCCC1. The summed E-state index contributed by atoms with van der Waals surface area (Å²) in [5.41, 5.74) is -1.46. The fraction of sp³-hybridized carbons (Fsp3) is 0.524. The number of urea groups is 1. The van der Waals surface area contributed by atoms with Crippen molar-refractivity contribution in [3.05, 3.63) is 29.8 Å². The molecule has 4 amide bonds. The first kappa shape index (κ1) is 19.2. The highest BCUT2D eigenvalue weighted by atomic mass is 16.5. The van der Waals surface area contributed by atoms with Crippen molar-refractivity contribution >= 4 is 17.8 Å². The van der Waals surface area contributed by atoms with Gasteiger partial charge < -0.3 is 15.0 Å². The molecule has 1 atom stereocenters. The highest BCUT2D eigenvalue weighted by molar-refractivity contribution is 6.09. The van der Waals surface area contributed by atoms with Crippen LogP contribution in [0.25, 0.3) is 0 Å². The molecule has 0 bridgehead atoms. The Morgan fingerprint density at radius 2 is 1.97 bits per heavy atom. The first-order chi connectivity index (χ1) is 13.9. The van der Waals surface area contributed by atoms with Crippen molar-refractivity contribution in [1.82, 2.24) is 15.1 Å². The molecule has 8 nitrogen and oxygen atoms in total. The molecule has 0 aromatic heterocycles. The van der Waals surface area contributed by atoms with E-state index in [-0.39, 0.29) is 6.54 Å². The number of fused-ring (bicyclic) bond motifs is 2. The average Bonchev–Trinajstić information content (AvgIpc) is 2.98. The molecule has 152 valence electrons. The zero-order valence-corrected chi connectivity index (χ0v) is 16.4. The van der Waals surface area contributed by atoms with Gasteiger partial charge in [-0.3, -0.25) is 14.5 Å². The van der Waals surface area contributed by atoms with Crippen LogP contribution in [-0.4, -0.2) is 53.4 Å². The zero-order valence-electron chi connectivity index (χ0n) is 16.4. The molecule has 29 heavy (non-hydrogen) atoms. The maximum atomic E-state index is 13.3. The van der Waals surface area contributed by atoms with E-state index in [0.717, 1.165) is 24.2 Å². The molecule has 1 N–H and O–H groups in total. The predicted octanol–water partition coefficient (Wildman–Crippen LogP) is 1.90. The number of carbonyl (C=O) groups is 3. The number of carbonyl (C=O) groups excluding carboxylic acids is 3. The third-order valence-electron chi connectivity index (χ3n) is 6.46. The lowest BCUT2D eigenvalue weighted by molar-refractivity contribution is -0.141. The zero-order chi connectivity index (χ0) is 20.6. The van der Waals surface area contributed by atoms with E-state index in [1.807, 2.05) is 0 Å². The quantitative estimate of drug-likeness (QED) is 0.786. The van der Waals surface area contributed by atoms with Crippen LogP contribution in [0.5, 0.6) is 5.75 Å². The van der Waals surface area contributed by atoms with Crippen molar-refractivity contribution in [1.29, 1.82) is 5.26 Å². The van der Waals surface area contributed by atoms with Gasteiger partial charge in [0.05, 0.1) is 12.7 Å². The van der Waals surface area contributed by atoms with Crippen LogP contribution in [0.3, 0.4) is 0 Å². The molecule has 1 spiro atoms. The van der Waals surface area contributed by atoms with Crippen LogP contribution in [0.2, 0.25) is 0 Å². The summed E-state index contributed by atoms with van der Waals surface area (Å²) in [5, 5.41) is 12.5. The average molecular weight is 396 g/mol. The second kappa shape index (κ2) is 7.07. The number of benzene rings is 1. The standard InChI is InChI=1S/C21H24N4O4/c1-24(20(14-22)9-5-2-6-10-20)17(26)13-25-18(27)21(23-19(25)28)11-12-29-16-8-4-3-7-15(16)21/h3-4,7-8H,2,5-6,9-13H2,1H3,(H,23,28). The number of rotatable bonds is 3. The molecule has 1 aliphatic carbocycles. The molecule has 1 aromatic rings. The molecule has 1 unspecified atom stereocenters. The molecule has 4 rings (SSSR count). The molecule has 1 saturated heterocycles. The van der Waals surface area contributed by atoms with Gasteiger partial charge in [0.1, 0.15) is 17.8 Å². The van der Waals surface area contributed by atoms with E-state index in [2.05, 4.69) is 11.4 Å². The third-order valence-corrected chi connectivity index (χ3v) is 6.46. The maximum Gasteiger partial charge on any atom is 0.325 e. The Balaban J connectivity index is 1.56. The number of ether oxygens (including phenoxy) is 1. The molecular formula is C21H24N4O4.